The number of thioether (sulfide) groups is 1. The van der Waals surface area contributed by atoms with Gasteiger partial charge in [0.1, 0.15) is 36.3 Å². The van der Waals surface area contributed by atoms with Crippen LogP contribution >= 0.6 is 35.2 Å². The van der Waals surface area contributed by atoms with Gasteiger partial charge in [-0.3, -0.25) is 32.6 Å². The molecule has 2 aromatic rings. The number of unbranched alkanes of at least 4 members (excludes halogenated alkanes) is 19. The number of rotatable bonds is 40. The second-order valence-electron chi connectivity index (χ2n) is 18.7. The van der Waals surface area contributed by atoms with E-state index in [-0.39, 0.29) is 60.1 Å². The van der Waals surface area contributed by atoms with Crippen LogP contribution in [0.1, 0.15) is 168 Å². The molecule has 8 atom stereocenters. The first-order valence-electron chi connectivity index (χ1n) is 25.0. The lowest BCUT2D eigenvalue weighted by Crippen LogP contribution is -2.46. The van der Waals surface area contributed by atoms with Gasteiger partial charge in [0.25, 0.3) is 23.5 Å². The monoisotopic (exact) mass is 1150 g/mol. The summed E-state index contributed by atoms with van der Waals surface area (Å²) in [5, 5.41) is 26.6. The van der Waals surface area contributed by atoms with Crippen LogP contribution in [0.4, 0.5) is 5.82 Å². The third-order valence-corrected chi connectivity index (χ3v) is 15.9. The molecule has 1 aliphatic rings. The number of hydrogen-bond donors (Lipinski definition) is 9. The summed E-state index contributed by atoms with van der Waals surface area (Å²) in [6.07, 6.45) is 18.9. The summed E-state index contributed by atoms with van der Waals surface area (Å²) in [5.74, 6) is -1.10. The number of imidazole rings is 1. The molecule has 0 aromatic carbocycles. The summed E-state index contributed by atoms with van der Waals surface area (Å²) in [6, 6.07) is 0. The second-order valence-corrected chi connectivity index (χ2v) is 24.0. The van der Waals surface area contributed by atoms with E-state index in [2.05, 4.69) is 50.4 Å². The van der Waals surface area contributed by atoms with E-state index in [4.69, 9.17) is 10.5 Å². The number of hydrogen-bond acceptors (Lipinski definition) is 21. The molecule has 0 bridgehead atoms. The van der Waals surface area contributed by atoms with Gasteiger partial charge in [0.2, 0.25) is 11.8 Å². The van der Waals surface area contributed by atoms with Crippen molar-refractivity contribution >= 4 is 69.1 Å². The lowest BCUT2D eigenvalue weighted by Gasteiger charge is -2.35. The number of ether oxygens (including phenoxy) is 1. The van der Waals surface area contributed by atoms with E-state index in [0.717, 1.165) is 48.2 Å². The Bertz CT molecular complexity index is 2090. The molecule has 3 unspecified atom stereocenters. The molecule has 31 heteroatoms. The Morgan fingerprint density at radius 1 is 0.800 bits per heavy atom. The summed E-state index contributed by atoms with van der Waals surface area (Å²) < 4.78 is 61.2. The number of carbonyl (C=O) groups is 3. The third-order valence-electron chi connectivity index (χ3n) is 12.0. The van der Waals surface area contributed by atoms with Crippen molar-refractivity contribution in [2.75, 3.05) is 37.8 Å². The Hall–Kier alpha value is -2.56. The van der Waals surface area contributed by atoms with Crippen molar-refractivity contribution in [2.45, 2.75) is 193 Å². The summed E-state index contributed by atoms with van der Waals surface area (Å²) >= 11 is 1.15. The van der Waals surface area contributed by atoms with Crippen LogP contribution in [0.3, 0.4) is 0 Å². The van der Waals surface area contributed by atoms with Gasteiger partial charge < -0.3 is 82.9 Å². The van der Waals surface area contributed by atoms with Crippen molar-refractivity contribution < 1.29 is 80.5 Å². The number of anilines is 1. The highest BCUT2D eigenvalue weighted by Crippen LogP contribution is 2.56. The molecule has 3 heterocycles. The Labute approximate surface area is 445 Å². The highest BCUT2D eigenvalue weighted by Gasteiger charge is 2.48. The molecule has 1 fully saturated rings. The van der Waals surface area contributed by atoms with Crippen molar-refractivity contribution in [1.82, 2.24) is 48.6 Å². The summed E-state index contributed by atoms with van der Waals surface area (Å²) in [4.78, 5) is 95.1. The first-order chi connectivity index (χ1) is 34.1. The van der Waals surface area contributed by atoms with Crippen LogP contribution in [0.25, 0.3) is 11.2 Å². The number of nitrogens with zero attached hydrogens (tertiary/aromatic N) is 4. The van der Waals surface area contributed by atoms with Crippen LogP contribution in [0.2, 0.25) is 0 Å². The maximum absolute atomic E-state index is 12.7. The first kappa shape index (κ1) is 72.4. The number of phosphoric acid groups is 3. The number of carbonyl (C=O) groups excluding carboxylic acids is 3. The van der Waals surface area contributed by atoms with Gasteiger partial charge in [-0.2, -0.15) is 0 Å². The molecule has 2 amide bonds. The van der Waals surface area contributed by atoms with Gasteiger partial charge in [-0.25, -0.2) is 19.3 Å². The number of fused-ring (bicyclic) bond motifs is 1. The third kappa shape index (κ3) is 28.8. The smallest absolute Gasteiger partial charge is 0.274 e. The number of nitrogen functional groups attached to an aromatic ring is 1. The van der Waals surface area contributed by atoms with Crippen molar-refractivity contribution in [3.63, 3.8) is 0 Å². The Kier molecular flexibility index (Phi) is 36.1. The van der Waals surface area contributed by atoms with Gasteiger partial charge >= 0.3 is 0 Å². The molecule has 1 saturated heterocycles. The molecule has 438 valence electrons. The summed E-state index contributed by atoms with van der Waals surface area (Å²) in [5.41, 5.74) is 4.14. The molecule has 0 radical (unpaired) electrons. The van der Waals surface area contributed by atoms with Gasteiger partial charge in [0, 0.05) is 37.1 Å². The molecule has 27 nitrogen and oxygen atoms in total. The Balaban J connectivity index is 0.0000183. The normalized spacial score (nSPS) is 19.4. The number of phosphoric ester groups is 3. The molecule has 75 heavy (non-hydrogen) atoms. The van der Waals surface area contributed by atoms with Gasteiger partial charge in [-0.05, 0) is 6.42 Å². The summed E-state index contributed by atoms with van der Waals surface area (Å²) in [6.45, 7) is 2.50. The van der Waals surface area contributed by atoms with E-state index in [9.17, 15) is 57.9 Å². The van der Waals surface area contributed by atoms with Crippen LogP contribution in [-0.4, -0.2) is 108 Å². The van der Waals surface area contributed by atoms with E-state index in [0.29, 0.717) is 12.2 Å². The number of aliphatic hydroxyl groups excluding tert-OH is 2. The van der Waals surface area contributed by atoms with E-state index in [1.165, 1.54) is 123 Å². The molecule has 19 N–H and O–H groups in total. The average molecular weight is 1160 g/mol. The maximum Gasteiger partial charge on any atom is 0.274 e. The van der Waals surface area contributed by atoms with Crippen LogP contribution in [0.15, 0.2) is 12.7 Å². The van der Waals surface area contributed by atoms with Gasteiger partial charge in [0.05, 0.1) is 19.5 Å². The van der Waals surface area contributed by atoms with Gasteiger partial charge in [0.15, 0.2) is 22.8 Å². The minimum atomic E-state index is -5.90. The van der Waals surface area contributed by atoms with E-state index >= 15 is 0 Å². The Morgan fingerprint density at radius 3 is 1.85 bits per heavy atom. The molecular weight excluding hydrogens is 1070 g/mol. The molecule has 1 aliphatic heterocycles. The van der Waals surface area contributed by atoms with E-state index in [1.54, 1.807) is 0 Å². The second kappa shape index (κ2) is 37.3. The fourth-order valence-electron chi connectivity index (χ4n) is 7.87. The van der Waals surface area contributed by atoms with Gasteiger partial charge in [-0.15, -0.1) is 0 Å². The number of aliphatic hydroxyl groups is 2. The molecule has 0 saturated carbocycles. The quantitative estimate of drug-likeness (QED) is 0.0268. The van der Waals surface area contributed by atoms with Crippen LogP contribution in [0, 0.1) is 5.41 Å². The zero-order chi connectivity index (χ0) is 53.2. The number of amides is 2. The fraction of sp³-hybridized carbons (Fsp3) is 0.818. The van der Waals surface area contributed by atoms with Crippen LogP contribution in [0.5, 0.6) is 0 Å². The Morgan fingerprint density at radius 2 is 1.32 bits per heavy atom. The largest absolute Gasteiger partial charge is 0.756 e. The van der Waals surface area contributed by atoms with Crippen LogP contribution < -0.4 is 49.5 Å². The van der Waals surface area contributed by atoms with Crippen molar-refractivity contribution in [1.29, 1.82) is 0 Å². The lowest BCUT2D eigenvalue weighted by molar-refractivity contribution is -0.247. The minimum Gasteiger partial charge on any atom is -0.756 e. The predicted molar refractivity (Wildman–Crippen MR) is 281 cm³/mol. The minimum absolute atomic E-state index is 0. The number of nitrogens with one attached hydrogen (secondary N) is 2. The highest BCUT2D eigenvalue weighted by atomic mass is 32.2. The topological polar surface area (TPSA) is 482 Å². The lowest BCUT2D eigenvalue weighted by atomic mass is 9.87. The predicted octanol–water partition coefficient (Wildman–Crippen LogP) is 6.11. The SMILES string of the molecule is CCCCCCCCCCCCCCCCCCCCCCC(=O)SCCNC(=O)CCNC(=O)[C@H](O)C(C)(C)COP(=O)([O-])OP(=O)([O-])OC[C@H]1O[C@@H](n2cnc3c(N)ncnc32)[C@H](O)[C@@H]1OP(=O)([O-])O.[NH4+].[NH4+].[NH4+]. The standard InChI is InChI=1S/C44H80N7O17P3S.3H3N/c1-4-5-6-7-8-9-10-11-12-13-14-15-16-17-18-19-20-21-22-23-24-35(53)72-28-27-46-34(52)25-26-47-42(56)39(55)44(2,3)30-65-71(62,63)68-70(60,61)64-29-33-38(67-69(57,58)59)37(54)43(66-33)51-32-50-36-40(45)48-31-49-41(36)51;;;/h31-33,37-39,43,54-55H,4-30H2,1-3H3,(H,46,52)(H,47,56)(H,60,61)(H,62,63)(H2,45,48,49)(H2,57,58,59);3*1H3/t33-,37-,38-,39+,43-;;;/m1.../s1. The van der Waals surface area contributed by atoms with Crippen molar-refractivity contribution in [2.24, 2.45) is 5.41 Å². The van der Waals surface area contributed by atoms with E-state index < -0.39 is 84.6 Å². The molecular formula is C44H89N10O17P3S. The molecule has 0 aliphatic carbocycles. The molecule has 0 spiro atoms. The zero-order valence-corrected chi connectivity index (χ0v) is 48.3. The van der Waals surface area contributed by atoms with Crippen molar-refractivity contribution in [3.8, 4) is 0 Å². The van der Waals surface area contributed by atoms with Crippen LogP contribution in [-0.2, 0) is 50.7 Å². The highest BCUT2D eigenvalue weighted by molar-refractivity contribution is 8.13. The summed E-state index contributed by atoms with van der Waals surface area (Å²) in [7, 11) is -17.3. The van der Waals surface area contributed by atoms with E-state index in [1.807, 2.05) is 0 Å². The van der Waals surface area contributed by atoms with Crippen molar-refractivity contribution in [3.05, 3.63) is 12.7 Å². The maximum atomic E-state index is 12.7. The number of aromatic nitrogens is 4. The zero-order valence-electron chi connectivity index (χ0n) is 44.8. The fourth-order valence-corrected chi connectivity index (χ4v) is 11.3. The molecule has 3 rings (SSSR count). The number of quaternary nitrogens is 3. The molecule has 2 aromatic heterocycles. The number of nitrogens with two attached hydrogens (primary N) is 1. The average Bonchev–Trinajstić information content (AvgIpc) is 3.87. The van der Waals surface area contributed by atoms with Gasteiger partial charge in [-0.1, -0.05) is 155 Å². The first-order valence-corrected chi connectivity index (χ1v) is 30.5.